The van der Waals surface area contributed by atoms with Gasteiger partial charge in [0.25, 0.3) is 0 Å². The molecule has 0 aliphatic heterocycles. The summed E-state index contributed by atoms with van der Waals surface area (Å²) >= 11 is 11.6. The highest BCUT2D eigenvalue weighted by Gasteiger charge is 2.57. The maximum Gasteiger partial charge on any atom is 0.320 e. The average Bonchev–Trinajstić information content (AvgIpc) is 2.93. The van der Waals surface area contributed by atoms with Gasteiger partial charge in [0.15, 0.2) is 11.9 Å². The molecule has 0 saturated heterocycles. The number of hydrogen-bond donors (Lipinski definition) is 0. The first-order valence-corrected chi connectivity index (χ1v) is 7.40. The number of hydrogen-bond acceptors (Lipinski definition) is 3. The van der Waals surface area contributed by atoms with Crippen LogP contribution in [0.3, 0.4) is 0 Å². The minimum Gasteiger partial charge on any atom is -0.454 e. The molecule has 1 saturated carbocycles. The number of ether oxygens (including phenoxy) is 1. The standard InChI is InChI=1S/C14H12Cl2F2N2O2/c1-7(22-12(21)8-6-14(8,15)16)11-19-9-4-2-3-5-10(9)20(11)13(17)18/h2-5,7-8,13H,6H2,1H3. The fourth-order valence-corrected chi connectivity index (χ4v) is 2.82. The van der Waals surface area contributed by atoms with E-state index in [0.29, 0.717) is 11.9 Å². The highest BCUT2D eigenvalue weighted by Crippen LogP contribution is 2.54. The van der Waals surface area contributed by atoms with Crippen LogP contribution in [-0.2, 0) is 9.53 Å². The SMILES string of the molecule is CC(OC(=O)C1CC1(Cl)Cl)c1nc2ccccc2n1C(F)F. The normalized spacial score (nSPS) is 21.1. The third-order valence-electron chi connectivity index (χ3n) is 3.59. The highest BCUT2D eigenvalue weighted by molar-refractivity contribution is 6.52. The van der Waals surface area contributed by atoms with Crippen LogP contribution in [0.2, 0.25) is 0 Å². The Morgan fingerprint density at radius 1 is 1.45 bits per heavy atom. The number of fused-ring (bicyclic) bond motifs is 1. The zero-order valence-electron chi connectivity index (χ0n) is 11.5. The van der Waals surface area contributed by atoms with E-state index in [1.807, 2.05) is 0 Å². The van der Waals surface area contributed by atoms with Crippen LogP contribution in [0.5, 0.6) is 0 Å². The van der Waals surface area contributed by atoms with E-state index in [0.717, 1.165) is 4.57 Å². The quantitative estimate of drug-likeness (QED) is 0.613. The summed E-state index contributed by atoms with van der Waals surface area (Å²) in [6.45, 7) is -1.30. The van der Waals surface area contributed by atoms with Crippen LogP contribution in [0.25, 0.3) is 11.0 Å². The van der Waals surface area contributed by atoms with Crippen LogP contribution in [0.1, 0.15) is 31.8 Å². The number of nitrogens with zero attached hydrogens (tertiary/aromatic N) is 2. The summed E-state index contributed by atoms with van der Waals surface area (Å²) in [5.74, 6) is -1.24. The Labute approximate surface area is 135 Å². The smallest absolute Gasteiger partial charge is 0.320 e. The summed E-state index contributed by atoms with van der Waals surface area (Å²) < 4.78 is 31.5. The molecule has 2 unspecified atom stereocenters. The molecule has 1 aromatic carbocycles. The van der Waals surface area contributed by atoms with Gasteiger partial charge in [-0.15, -0.1) is 23.2 Å². The lowest BCUT2D eigenvalue weighted by molar-refractivity contribution is -0.151. The molecule has 1 fully saturated rings. The van der Waals surface area contributed by atoms with Gasteiger partial charge in [-0.25, -0.2) is 4.98 Å². The number of carbonyl (C=O) groups is 1. The van der Waals surface area contributed by atoms with Crippen molar-refractivity contribution >= 4 is 40.2 Å². The van der Waals surface area contributed by atoms with E-state index in [9.17, 15) is 13.6 Å². The third-order valence-corrected chi connectivity index (χ3v) is 4.42. The number of imidazole rings is 1. The largest absolute Gasteiger partial charge is 0.454 e. The van der Waals surface area contributed by atoms with Crippen molar-refractivity contribution in [3.05, 3.63) is 30.1 Å². The molecule has 0 N–H and O–H groups in total. The number of rotatable bonds is 4. The number of alkyl halides is 4. The van der Waals surface area contributed by atoms with Crippen LogP contribution in [-0.4, -0.2) is 19.9 Å². The predicted molar refractivity (Wildman–Crippen MR) is 78.0 cm³/mol. The molecule has 0 radical (unpaired) electrons. The van der Waals surface area contributed by atoms with Crippen LogP contribution >= 0.6 is 23.2 Å². The fourth-order valence-electron chi connectivity index (χ4n) is 2.33. The van der Waals surface area contributed by atoms with Crippen molar-refractivity contribution in [3.63, 3.8) is 0 Å². The summed E-state index contributed by atoms with van der Waals surface area (Å²) in [5.41, 5.74) is 0.696. The van der Waals surface area contributed by atoms with Crippen molar-refractivity contribution in [3.8, 4) is 0 Å². The molecule has 2 aromatic rings. The van der Waals surface area contributed by atoms with Gasteiger partial charge < -0.3 is 4.74 Å². The third kappa shape index (κ3) is 2.65. The van der Waals surface area contributed by atoms with E-state index in [-0.39, 0.29) is 11.3 Å². The molecule has 1 aromatic heterocycles. The first kappa shape index (κ1) is 15.5. The lowest BCUT2D eigenvalue weighted by Gasteiger charge is -2.15. The first-order valence-electron chi connectivity index (χ1n) is 6.64. The Balaban J connectivity index is 1.89. The molecule has 118 valence electrons. The molecule has 1 aliphatic carbocycles. The van der Waals surface area contributed by atoms with Crippen molar-refractivity contribution < 1.29 is 18.3 Å². The molecule has 2 atom stereocenters. The Morgan fingerprint density at radius 2 is 2.09 bits per heavy atom. The van der Waals surface area contributed by atoms with Crippen molar-refractivity contribution in [2.24, 2.45) is 5.92 Å². The van der Waals surface area contributed by atoms with E-state index < -0.39 is 28.9 Å². The van der Waals surface area contributed by atoms with Crippen molar-refractivity contribution in [1.29, 1.82) is 0 Å². The van der Waals surface area contributed by atoms with E-state index in [2.05, 4.69) is 4.98 Å². The first-order chi connectivity index (χ1) is 10.3. The maximum absolute atomic E-state index is 13.3. The highest BCUT2D eigenvalue weighted by atomic mass is 35.5. The van der Waals surface area contributed by atoms with Gasteiger partial charge in [0, 0.05) is 0 Å². The van der Waals surface area contributed by atoms with Crippen LogP contribution in [0.15, 0.2) is 24.3 Å². The Bertz CT molecular complexity index is 733. The van der Waals surface area contributed by atoms with E-state index in [1.54, 1.807) is 18.2 Å². The topological polar surface area (TPSA) is 44.1 Å². The summed E-state index contributed by atoms with van der Waals surface area (Å²) in [4.78, 5) is 16.0. The van der Waals surface area contributed by atoms with E-state index in [1.165, 1.54) is 13.0 Å². The zero-order valence-corrected chi connectivity index (χ0v) is 13.0. The monoisotopic (exact) mass is 348 g/mol. The van der Waals surface area contributed by atoms with Gasteiger partial charge in [-0.3, -0.25) is 9.36 Å². The average molecular weight is 349 g/mol. The molecular weight excluding hydrogens is 337 g/mol. The van der Waals surface area contributed by atoms with Crippen molar-refractivity contribution in [2.75, 3.05) is 0 Å². The summed E-state index contributed by atoms with van der Waals surface area (Å²) in [6.07, 6.45) is -0.633. The molecule has 0 spiro atoms. The maximum atomic E-state index is 13.3. The lowest BCUT2D eigenvalue weighted by Crippen LogP contribution is -2.17. The Hall–Kier alpha value is -1.40. The number of esters is 1. The summed E-state index contributed by atoms with van der Waals surface area (Å²) in [7, 11) is 0. The molecule has 4 nitrogen and oxygen atoms in total. The van der Waals surface area contributed by atoms with Gasteiger partial charge in [0.1, 0.15) is 4.33 Å². The molecule has 1 heterocycles. The molecule has 3 rings (SSSR count). The van der Waals surface area contributed by atoms with Crippen molar-refractivity contribution in [2.45, 2.75) is 30.3 Å². The second-order valence-corrected chi connectivity index (χ2v) is 6.75. The van der Waals surface area contributed by atoms with Crippen molar-refractivity contribution in [1.82, 2.24) is 9.55 Å². The van der Waals surface area contributed by atoms with Crippen LogP contribution in [0.4, 0.5) is 8.78 Å². The fraction of sp³-hybridized carbons (Fsp3) is 0.429. The molecule has 0 bridgehead atoms. The second-order valence-electron chi connectivity index (χ2n) is 5.20. The molecule has 1 aliphatic rings. The van der Waals surface area contributed by atoms with Gasteiger partial charge in [-0.05, 0) is 25.5 Å². The number of para-hydroxylation sites is 2. The second kappa shape index (κ2) is 5.35. The number of aromatic nitrogens is 2. The number of halogens is 4. The number of carbonyl (C=O) groups excluding carboxylic acids is 1. The van der Waals surface area contributed by atoms with Gasteiger partial charge in [-0.2, -0.15) is 8.78 Å². The Morgan fingerprint density at radius 3 is 2.68 bits per heavy atom. The predicted octanol–water partition coefficient (Wildman–Crippen LogP) is 4.23. The van der Waals surface area contributed by atoms with Crippen LogP contribution < -0.4 is 0 Å². The number of benzene rings is 1. The zero-order chi connectivity index (χ0) is 16.1. The summed E-state index contributed by atoms with van der Waals surface area (Å²) in [6, 6.07) is 6.50. The lowest BCUT2D eigenvalue weighted by atomic mass is 10.3. The van der Waals surface area contributed by atoms with Crippen LogP contribution in [0, 0.1) is 5.92 Å². The van der Waals surface area contributed by atoms with Gasteiger partial charge >= 0.3 is 12.5 Å². The Kier molecular flexibility index (Phi) is 3.77. The van der Waals surface area contributed by atoms with E-state index in [4.69, 9.17) is 27.9 Å². The molecule has 8 heteroatoms. The molecule has 0 amide bonds. The molecule has 22 heavy (non-hydrogen) atoms. The van der Waals surface area contributed by atoms with Gasteiger partial charge in [-0.1, -0.05) is 12.1 Å². The van der Waals surface area contributed by atoms with Gasteiger partial charge in [0.2, 0.25) is 0 Å². The minimum absolute atomic E-state index is 0.0139. The van der Waals surface area contributed by atoms with Gasteiger partial charge in [0.05, 0.1) is 17.0 Å². The molecular formula is C14H12Cl2F2N2O2. The van der Waals surface area contributed by atoms with E-state index >= 15 is 0 Å². The minimum atomic E-state index is -2.79. The summed E-state index contributed by atoms with van der Waals surface area (Å²) in [5, 5.41) is 0.